The van der Waals surface area contributed by atoms with Gasteiger partial charge in [0.25, 0.3) is 5.91 Å². The molecule has 0 atom stereocenters. The Kier molecular flexibility index (Phi) is 3.42. The molecule has 0 saturated heterocycles. The topological polar surface area (TPSA) is 92.4 Å². The largest absolute Gasteiger partial charge is 0.475 e. The van der Waals surface area contributed by atoms with Crippen LogP contribution < -0.4 is 5.32 Å². The van der Waals surface area contributed by atoms with E-state index >= 15 is 0 Å². The molecular weight excluding hydrogens is 304 g/mol. The summed E-state index contributed by atoms with van der Waals surface area (Å²) in [6.45, 7) is 0. The number of hydrogen-bond acceptors (Lipinski definition) is 4. The summed E-state index contributed by atoms with van der Waals surface area (Å²) in [5.41, 5.74) is 0.475. The van der Waals surface area contributed by atoms with Crippen molar-refractivity contribution in [2.45, 2.75) is 0 Å². The van der Waals surface area contributed by atoms with Gasteiger partial charge in [0.05, 0.1) is 11.9 Å². The Morgan fingerprint density at radius 3 is 2.61 bits per heavy atom. The smallest absolute Gasteiger partial charge is 0.371 e. The van der Waals surface area contributed by atoms with Crippen LogP contribution in [0.4, 0.5) is 5.69 Å². The van der Waals surface area contributed by atoms with Gasteiger partial charge in [-0.3, -0.25) is 9.78 Å². The van der Waals surface area contributed by atoms with E-state index in [1.165, 1.54) is 18.3 Å². The normalized spacial score (nSPS) is 10.1. The van der Waals surface area contributed by atoms with Crippen LogP contribution in [0.1, 0.15) is 21.1 Å². The van der Waals surface area contributed by atoms with Crippen LogP contribution in [0.25, 0.3) is 0 Å². The maximum Gasteiger partial charge on any atom is 0.371 e. The van der Waals surface area contributed by atoms with Crippen molar-refractivity contribution in [2.75, 3.05) is 5.32 Å². The van der Waals surface area contributed by atoms with Crippen molar-refractivity contribution in [3.8, 4) is 0 Å². The van der Waals surface area contributed by atoms with Crippen LogP contribution in [-0.4, -0.2) is 22.0 Å². The number of nitrogens with one attached hydrogen (secondary N) is 1. The van der Waals surface area contributed by atoms with Gasteiger partial charge in [0, 0.05) is 10.7 Å². The zero-order valence-corrected chi connectivity index (χ0v) is 10.5. The molecule has 0 aromatic carbocycles. The third-order valence-corrected chi connectivity index (χ3v) is 2.44. The van der Waals surface area contributed by atoms with Crippen molar-refractivity contribution in [3.05, 3.63) is 46.6 Å². The molecule has 2 aromatic rings. The van der Waals surface area contributed by atoms with E-state index in [2.05, 4.69) is 26.2 Å². The first-order chi connectivity index (χ1) is 8.56. The molecule has 0 unspecified atom stereocenters. The summed E-state index contributed by atoms with van der Waals surface area (Å²) in [5, 5.41) is 11.2. The van der Waals surface area contributed by atoms with Crippen molar-refractivity contribution in [1.29, 1.82) is 0 Å². The average Bonchev–Trinajstić information content (AvgIpc) is 2.78. The number of hydrogen-bond donors (Lipinski definition) is 2. The number of furan rings is 1. The van der Waals surface area contributed by atoms with Gasteiger partial charge in [0.15, 0.2) is 5.76 Å². The van der Waals surface area contributed by atoms with Crippen molar-refractivity contribution in [3.63, 3.8) is 0 Å². The average molecular weight is 311 g/mol. The van der Waals surface area contributed by atoms with Crippen LogP contribution in [0.2, 0.25) is 0 Å². The minimum Gasteiger partial charge on any atom is -0.475 e. The lowest BCUT2D eigenvalue weighted by atomic mass is 10.3. The number of nitrogens with zero attached hydrogens (tertiary/aromatic N) is 1. The standard InChI is InChI=1S/C11H7BrN2O4/c12-6-3-7(5-13-4-6)14-10(15)8-1-2-9(18-8)11(16)17/h1-5H,(H,14,15)(H,16,17). The number of rotatable bonds is 3. The fraction of sp³-hybridized carbons (Fsp3) is 0. The third kappa shape index (κ3) is 2.75. The second kappa shape index (κ2) is 5.01. The van der Waals surface area contributed by atoms with Crippen molar-refractivity contribution in [1.82, 2.24) is 4.98 Å². The summed E-state index contributed by atoms with van der Waals surface area (Å²) in [6.07, 6.45) is 3.04. The van der Waals surface area contributed by atoms with Gasteiger partial charge in [-0.05, 0) is 34.1 Å². The molecule has 2 aromatic heterocycles. The van der Waals surface area contributed by atoms with Crippen LogP contribution in [0.5, 0.6) is 0 Å². The highest BCUT2D eigenvalue weighted by Gasteiger charge is 2.15. The maximum atomic E-state index is 11.7. The molecule has 92 valence electrons. The molecule has 0 aliphatic rings. The third-order valence-electron chi connectivity index (χ3n) is 2.00. The Balaban J connectivity index is 2.14. The Labute approximate surface area is 110 Å². The van der Waals surface area contributed by atoms with Gasteiger partial charge >= 0.3 is 5.97 Å². The summed E-state index contributed by atoms with van der Waals surface area (Å²) in [4.78, 5) is 26.2. The molecule has 0 aliphatic heterocycles. The van der Waals surface area contributed by atoms with Crippen LogP contribution in [0, 0.1) is 0 Å². The number of amides is 1. The molecule has 2 heterocycles. The molecule has 0 spiro atoms. The van der Waals surface area contributed by atoms with E-state index in [4.69, 9.17) is 9.52 Å². The van der Waals surface area contributed by atoms with Gasteiger partial charge in [0.1, 0.15) is 0 Å². The van der Waals surface area contributed by atoms with Crippen LogP contribution in [0.15, 0.2) is 39.5 Å². The van der Waals surface area contributed by atoms with Gasteiger partial charge in [-0.25, -0.2) is 4.79 Å². The van der Waals surface area contributed by atoms with Gasteiger partial charge in [0.2, 0.25) is 5.76 Å². The number of carbonyl (C=O) groups excluding carboxylic acids is 1. The quantitative estimate of drug-likeness (QED) is 0.908. The Morgan fingerprint density at radius 2 is 2.00 bits per heavy atom. The fourth-order valence-electron chi connectivity index (χ4n) is 1.25. The first-order valence-electron chi connectivity index (χ1n) is 4.81. The Hall–Kier alpha value is -2.15. The van der Waals surface area contributed by atoms with E-state index in [0.29, 0.717) is 10.2 Å². The Bertz CT molecular complexity index is 609. The first-order valence-corrected chi connectivity index (χ1v) is 5.60. The minimum absolute atomic E-state index is 0.0765. The van der Waals surface area contributed by atoms with E-state index in [1.54, 1.807) is 12.3 Å². The van der Waals surface area contributed by atoms with Crippen LogP contribution in [0.3, 0.4) is 0 Å². The molecule has 2 N–H and O–H groups in total. The molecule has 1 amide bonds. The van der Waals surface area contributed by atoms with Crippen LogP contribution in [-0.2, 0) is 0 Å². The van der Waals surface area contributed by atoms with Crippen LogP contribution >= 0.6 is 15.9 Å². The highest BCUT2D eigenvalue weighted by Crippen LogP contribution is 2.15. The van der Waals surface area contributed by atoms with E-state index in [9.17, 15) is 9.59 Å². The molecule has 0 aliphatic carbocycles. The van der Waals surface area contributed by atoms with Gasteiger partial charge < -0.3 is 14.8 Å². The van der Waals surface area contributed by atoms with E-state index in [0.717, 1.165) is 0 Å². The summed E-state index contributed by atoms with van der Waals surface area (Å²) >= 11 is 3.22. The number of aromatic nitrogens is 1. The summed E-state index contributed by atoms with van der Waals surface area (Å²) in [7, 11) is 0. The summed E-state index contributed by atoms with van der Waals surface area (Å²) < 4.78 is 5.58. The molecule has 0 radical (unpaired) electrons. The lowest BCUT2D eigenvalue weighted by molar-refractivity contribution is 0.0660. The molecule has 0 bridgehead atoms. The number of carbonyl (C=O) groups is 2. The zero-order valence-electron chi connectivity index (χ0n) is 8.88. The van der Waals surface area contributed by atoms with Crippen molar-refractivity contribution < 1.29 is 19.1 Å². The first kappa shape index (κ1) is 12.3. The number of aromatic carboxylic acids is 1. The molecule has 0 saturated carbocycles. The van der Waals surface area contributed by atoms with Gasteiger partial charge in [-0.2, -0.15) is 0 Å². The fourth-order valence-corrected chi connectivity index (χ4v) is 1.61. The predicted molar refractivity (Wildman–Crippen MR) is 65.6 cm³/mol. The molecule has 2 rings (SSSR count). The van der Waals surface area contributed by atoms with E-state index < -0.39 is 11.9 Å². The molecule has 18 heavy (non-hydrogen) atoms. The maximum absolute atomic E-state index is 11.7. The SMILES string of the molecule is O=C(O)c1ccc(C(=O)Nc2cncc(Br)c2)o1. The van der Waals surface area contributed by atoms with E-state index in [-0.39, 0.29) is 11.5 Å². The lowest BCUT2D eigenvalue weighted by Gasteiger charge is -2.02. The zero-order chi connectivity index (χ0) is 13.1. The van der Waals surface area contributed by atoms with Gasteiger partial charge in [-0.15, -0.1) is 0 Å². The minimum atomic E-state index is -1.22. The highest BCUT2D eigenvalue weighted by atomic mass is 79.9. The van der Waals surface area contributed by atoms with E-state index in [1.807, 2.05) is 0 Å². The molecular formula is C11H7BrN2O4. The van der Waals surface area contributed by atoms with Gasteiger partial charge in [-0.1, -0.05) is 0 Å². The molecule has 0 fully saturated rings. The number of carboxylic acids is 1. The monoisotopic (exact) mass is 310 g/mol. The second-order valence-electron chi connectivity index (χ2n) is 3.32. The lowest BCUT2D eigenvalue weighted by Crippen LogP contribution is -2.11. The van der Waals surface area contributed by atoms with Crippen molar-refractivity contribution >= 4 is 33.5 Å². The number of carboxylic acid groups (broad SMARTS) is 1. The predicted octanol–water partition coefficient (Wildman–Crippen LogP) is 2.39. The highest BCUT2D eigenvalue weighted by molar-refractivity contribution is 9.10. The number of pyridine rings is 1. The Morgan fingerprint density at radius 1 is 1.28 bits per heavy atom. The molecule has 6 nitrogen and oxygen atoms in total. The van der Waals surface area contributed by atoms with Crippen molar-refractivity contribution in [2.24, 2.45) is 0 Å². The number of halogens is 1. The number of anilines is 1. The molecule has 7 heteroatoms. The summed E-state index contributed by atoms with van der Waals surface area (Å²) in [5.74, 6) is -2.12. The second-order valence-corrected chi connectivity index (χ2v) is 4.23. The summed E-state index contributed by atoms with van der Waals surface area (Å²) in [6, 6.07) is 4.17.